The molecule has 0 amide bonds. The van der Waals surface area contributed by atoms with Crippen molar-refractivity contribution in [2.24, 2.45) is 16.1 Å². The predicted octanol–water partition coefficient (Wildman–Crippen LogP) is 6.39. The number of hydrogen-bond acceptors (Lipinski definition) is 10. The molecule has 5 rings (SSSR count). The number of carboxylic acid groups (broad SMARTS) is 1. The van der Waals surface area contributed by atoms with E-state index in [4.69, 9.17) is 17.0 Å². The van der Waals surface area contributed by atoms with Crippen LogP contribution in [0.25, 0.3) is 27.1 Å². The van der Waals surface area contributed by atoms with Crippen LogP contribution in [0.3, 0.4) is 0 Å². The minimum atomic E-state index is -1.77. The maximum atomic E-state index is 14.1. The van der Waals surface area contributed by atoms with Gasteiger partial charge in [0.15, 0.2) is 11.7 Å². The first-order chi connectivity index (χ1) is 22.4. The molecule has 3 aromatic carbocycles. The van der Waals surface area contributed by atoms with Gasteiger partial charge in [-0.05, 0) is 62.5 Å². The number of ketones is 1. The summed E-state index contributed by atoms with van der Waals surface area (Å²) in [4.78, 5) is 26.7. The second kappa shape index (κ2) is 13.1. The molecule has 3 aromatic rings. The van der Waals surface area contributed by atoms with Gasteiger partial charge in [0.1, 0.15) is 34.5 Å². The van der Waals surface area contributed by atoms with Crippen LogP contribution >= 0.6 is 12.2 Å². The highest BCUT2D eigenvalue weighted by Gasteiger charge is 2.44. The van der Waals surface area contributed by atoms with Gasteiger partial charge in [-0.25, -0.2) is 0 Å². The highest BCUT2D eigenvalue weighted by Crippen LogP contribution is 2.58. The lowest BCUT2D eigenvalue weighted by molar-refractivity contribution is -0.143. The maximum Gasteiger partial charge on any atom is 0.320 e. The normalized spacial score (nSPS) is 16.3. The number of rotatable bonds is 9. The monoisotopic (exact) mass is 663 g/mol. The Balaban J connectivity index is 1.68. The maximum absolute atomic E-state index is 14.1. The number of aromatic hydroxyl groups is 5. The third-order valence-corrected chi connectivity index (χ3v) is 9.30. The van der Waals surface area contributed by atoms with E-state index in [2.05, 4.69) is 22.5 Å². The molecule has 0 spiro atoms. The van der Waals surface area contributed by atoms with Crippen molar-refractivity contribution in [3.05, 3.63) is 39.6 Å². The minimum absolute atomic E-state index is 0.0251. The molecule has 2 aliphatic rings. The smallest absolute Gasteiger partial charge is 0.320 e. The number of thiocarbonyl (C=S) groups is 1. The van der Waals surface area contributed by atoms with Crippen molar-refractivity contribution >= 4 is 56.2 Å². The van der Waals surface area contributed by atoms with Gasteiger partial charge in [-0.15, -0.1) is 5.11 Å². The van der Waals surface area contributed by atoms with Gasteiger partial charge in [0.2, 0.25) is 5.11 Å². The van der Waals surface area contributed by atoms with Gasteiger partial charge >= 0.3 is 5.97 Å². The SMILES string of the molecule is CCCCCCCNC(=S)N=NC1=C(C)C2=C(C(=O)C1C(=O)O)c1c(c(OC)c3c(O)c4c(O)c(C)c(O)cc4c(O)c3c1O)CC2. The lowest BCUT2D eigenvalue weighted by Gasteiger charge is -2.32. The first kappa shape index (κ1) is 33.5. The summed E-state index contributed by atoms with van der Waals surface area (Å²) in [7, 11) is 1.31. The van der Waals surface area contributed by atoms with Crippen LogP contribution in [-0.4, -0.2) is 61.2 Å². The van der Waals surface area contributed by atoms with E-state index in [1.165, 1.54) is 14.0 Å². The van der Waals surface area contributed by atoms with Gasteiger partial charge < -0.3 is 40.7 Å². The van der Waals surface area contributed by atoms with E-state index >= 15 is 0 Å². The summed E-state index contributed by atoms with van der Waals surface area (Å²) in [5, 5.41) is 76.4. The van der Waals surface area contributed by atoms with Crippen molar-refractivity contribution in [3.63, 3.8) is 0 Å². The van der Waals surface area contributed by atoms with Crippen LogP contribution < -0.4 is 10.1 Å². The molecule has 1 atom stereocenters. The van der Waals surface area contributed by atoms with E-state index in [9.17, 15) is 40.2 Å². The molecular formula is C34H37N3O9S. The second-order valence-electron chi connectivity index (χ2n) is 11.8. The number of methoxy groups -OCH3 is 1. The average molecular weight is 664 g/mol. The molecule has 0 aliphatic heterocycles. The van der Waals surface area contributed by atoms with Crippen LogP contribution in [0.15, 0.2) is 33.1 Å². The molecular weight excluding hydrogens is 626 g/mol. The summed E-state index contributed by atoms with van der Waals surface area (Å²) in [5.74, 6) is -6.64. The van der Waals surface area contributed by atoms with Crippen molar-refractivity contribution in [1.29, 1.82) is 0 Å². The van der Waals surface area contributed by atoms with Crippen LogP contribution in [0.1, 0.15) is 69.1 Å². The number of aliphatic carboxylic acids is 1. The van der Waals surface area contributed by atoms with Gasteiger partial charge in [-0.2, -0.15) is 5.11 Å². The Labute approximate surface area is 275 Å². The molecule has 0 saturated carbocycles. The van der Waals surface area contributed by atoms with E-state index in [1.54, 1.807) is 6.92 Å². The van der Waals surface area contributed by atoms with E-state index < -0.39 is 40.7 Å². The Kier molecular flexibility index (Phi) is 9.30. The Morgan fingerprint density at radius 3 is 2.34 bits per heavy atom. The molecule has 47 heavy (non-hydrogen) atoms. The molecule has 0 radical (unpaired) electrons. The number of benzene rings is 3. The average Bonchev–Trinajstić information content (AvgIpc) is 3.04. The van der Waals surface area contributed by atoms with Crippen LogP contribution in [0.5, 0.6) is 34.5 Å². The lowest BCUT2D eigenvalue weighted by atomic mass is 9.72. The Morgan fingerprint density at radius 2 is 1.68 bits per heavy atom. The number of carbonyl (C=O) groups is 2. The zero-order chi connectivity index (χ0) is 34.3. The van der Waals surface area contributed by atoms with Crippen molar-refractivity contribution in [2.75, 3.05) is 13.7 Å². The molecule has 1 unspecified atom stereocenters. The van der Waals surface area contributed by atoms with Crippen molar-refractivity contribution in [1.82, 2.24) is 5.32 Å². The van der Waals surface area contributed by atoms with Gasteiger partial charge in [0.05, 0.1) is 29.0 Å². The molecule has 0 fully saturated rings. The number of unbranched alkanes of at least 4 members (excludes halogenated alkanes) is 4. The van der Waals surface area contributed by atoms with Gasteiger partial charge in [-0.3, -0.25) is 9.59 Å². The summed E-state index contributed by atoms with van der Waals surface area (Å²) in [6.45, 7) is 5.77. The highest BCUT2D eigenvalue weighted by atomic mass is 32.1. The topological polar surface area (TPSA) is 201 Å². The van der Waals surface area contributed by atoms with Crippen LogP contribution in [-0.2, 0) is 16.0 Å². The molecule has 0 bridgehead atoms. The van der Waals surface area contributed by atoms with E-state index in [0.29, 0.717) is 23.3 Å². The summed E-state index contributed by atoms with van der Waals surface area (Å²) < 4.78 is 5.69. The first-order valence-electron chi connectivity index (χ1n) is 15.4. The number of ether oxygens (including phenoxy) is 1. The Bertz CT molecular complexity index is 1960. The summed E-state index contributed by atoms with van der Waals surface area (Å²) in [6, 6.07) is 1.14. The Hall–Kier alpha value is -4.91. The number of nitrogens with one attached hydrogen (secondary N) is 1. The number of carboxylic acids is 1. The summed E-state index contributed by atoms with van der Waals surface area (Å²) in [5.41, 5.74) is 1.00. The van der Waals surface area contributed by atoms with Gasteiger partial charge in [0, 0.05) is 34.2 Å². The number of carbonyl (C=O) groups excluding carboxylic acids is 1. The number of Topliss-reactive ketones (excluding diaryl/α,β-unsaturated/α-hetero) is 1. The summed E-state index contributed by atoms with van der Waals surface area (Å²) in [6.07, 6.45) is 5.74. The molecule has 7 N–H and O–H groups in total. The number of fused-ring (bicyclic) bond motifs is 4. The fourth-order valence-corrected chi connectivity index (χ4v) is 6.77. The molecule has 2 aliphatic carbocycles. The number of phenols is 5. The second-order valence-corrected chi connectivity index (χ2v) is 12.2. The largest absolute Gasteiger partial charge is 0.508 e. The van der Waals surface area contributed by atoms with E-state index in [-0.39, 0.29) is 73.4 Å². The molecule has 0 aromatic heterocycles. The standard InChI is InChI=1S/C34H37N3O9S/c1-5-6-7-8-9-12-35-34(47)37-36-26-14(2)16-10-11-17-21(20(16)30(42)25(26)33(44)45)29(41)23-24(32(17)46-4)31(43)22-18(28(23)40)13-19(38)15(3)27(22)39/h13,25,38-41,43H,5-12H2,1-4H3,(H,35,47)(H,44,45). The highest BCUT2D eigenvalue weighted by molar-refractivity contribution is 7.80. The lowest BCUT2D eigenvalue weighted by Crippen LogP contribution is -2.32. The van der Waals surface area contributed by atoms with Crippen LogP contribution in [0.2, 0.25) is 0 Å². The van der Waals surface area contributed by atoms with Crippen molar-refractivity contribution < 1.29 is 45.0 Å². The Morgan fingerprint density at radius 1 is 0.979 bits per heavy atom. The number of phenolic OH excluding ortho intramolecular Hbond substituents is 5. The van der Waals surface area contributed by atoms with E-state index in [0.717, 1.165) is 38.2 Å². The van der Waals surface area contributed by atoms with Crippen molar-refractivity contribution in [2.45, 2.75) is 65.7 Å². The third-order valence-electron chi connectivity index (χ3n) is 9.07. The van der Waals surface area contributed by atoms with Crippen LogP contribution in [0, 0.1) is 12.8 Å². The minimum Gasteiger partial charge on any atom is -0.508 e. The quantitative estimate of drug-likeness (QED) is 0.0334. The number of nitrogens with zero attached hydrogens (tertiary/aromatic N) is 2. The van der Waals surface area contributed by atoms with Crippen LogP contribution in [0.4, 0.5) is 0 Å². The molecule has 12 nitrogen and oxygen atoms in total. The zero-order valence-corrected chi connectivity index (χ0v) is 27.3. The summed E-state index contributed by atoms with van der Waals surface area (Å²) >= 11 is 5.27. The molecule has 13 heteroatoms. The third kappa shape index (κ3) is 5.47. The van der Waals surface area contributed by atoms with Gasteiger partial charge in [0.25, 0.3) is 0 Å². The molecule has 0 heterocycles. The fourth-order valence-electron chi connectivity index (χ4n) is 6.63. The number of hydrogen-bond donors (Lipinski definition) is 7. The number of allylic oxidation sites excluding steroid dienone is 3. The zero-order valence-electron chi connectivity index (χ0n) is 26.5. The van der Waals surface area contributed by atoms with Crippen molar-refractivity contribution in [3.8, 4) is 34.5 Å². The molecule has 248 valence electrons. The number of azo groups is 1. The van der Waals surface area contributed by atoms with E-state index in [1.807, 2.05) is 0 Å². The predicted molar refractivity (Wildman–Crippen MR) is 179 cm³/mol. The first-order valence-corrected chi connectivity index (χ1v) is 15.8. The fraction of sp³-hybridized carbons (Fsp3) is 0.382. The molecule has 0 saturated heterocycles. The van der Waals surface area contributed by atoms with Gasteiger partial charge in [-0.1, -0.05) is 32.6 Å².